The van der Waals surface area contributed by atoms with Gasteiger partial charge in [-0.05, 0) is 62.8 Å². The lowest BCUT2D eigenvalue weighted by Crippen LogP contribution is -2.56. The zero-order valence-electron chi connectivity index (χ0n) is 15.9. The molecule has 0 unspecified atom stereocenters. The molecule has 3 aliphatic rings. The maximum atomic E-state index is 12.9. The third-order valence-corrected chi connectivity index (χ3v) is 6.51. The van der Waals surface area contributed by atoms with Gasteiger partial charge in [-0.15, -0.1) is 0 Å². The minimum atomic E-state index is 0.0152. The quantitative estimate of drug-likeness (QED) is 0.707. The molecule has 0 amide bonds. The van der Waals surface area contributed by atoms with E-state index in [4.69, 9.17) is 4.74 Å². The standard InChI is InChI=1S/C23H29NO2/c1-3-24(20-11-7-9-16-8-5-6-10-19(16)20)22-18-14-12-17(13-15-18)21(22)23(25)26-4-2/h5-11,17-18,21-22H,3-4,12-15H2,1-2H3/t17?,18?,21-,22-/m0/s1. The van der Waals surface area contributed by atoms with Crippen molar-refractivity contribution in [1.29, 1.82) is 0 Å². The lowest BCUT2D eigenvalue weighted by molar-refractivity contribution is -0.155. The van der Waals surface area contributed by atoms with Crippen LogP contribution in [-0.4, -0.2) is 25.2 Å². The number of carbonyl (C=O) groups excluding carboxylic acids is 1. The number of hydrogen-bond acceptors (Lipinski definition) is 3. The van der Waals surface area contributed by atoms with E-state index in [1.807, 2.05) is 6.92 Å². The van der Waals surface area contributed by atoms with Crippen molar-refractivity contribution < 1.29 is 9.53 Å². The molecule has 2 bridgehead atoms. The van der Waals surface area contributed by atoms with Crippen molar-refractivity contribution in [3.05, 3.63) is 42.5 Å². The molecule has 3 fully saturated rings. The molecule has 138 valence electrons. The average molecular weight is 351 g/mol. The van der Waals surface area contributed by atoms with Gasteiger partial charge in [0.05, 0.1) is 12.5 Å². The summed E-state index contributed by atoms with van der Waals surface area (Å²) >= 11 is 0. The number of ether oxygens (including phenoxy) is 1. The number of esters is 1. The molecule has 26 heavy (non-hydrogen) atoms. The Bertz CT molecular complexity index is 773. The Morgan fingerprint density at radius 2 is 1.69 bits per heavy atom. The molecule has 3 nitrogen and oxygen atoms in total. The van der Waals surface area contributed by atoms with Crippen LogP contribution in [0.2, 0.25) is 0 Å². The Morgan fingerprint density at radius 1 is 1.00 bits per heavy atom. The zero-order valence-corrected chi connectivity index (χ0v) is 15.9. The summed E-state index contributed by atoms with van der Waals surface area (Å²) in [6.07, 6.45) is 4.84. The molecule has 2 aromatic carbocycles. The highest BCUT2D eigenvalue weighted by atomic mass is 16.5. The number of carbonyl (C=O) groups is 1. The summed E-state index contributed by atoms with van der Waals surface area (Å²) in [5, 5.41) is 2.54. The molecule has 0 N–H and O–H groups in total. The van der Waals surface area contributed by atoms with Gasteiger partial charge in [-0.3, -0.25) is 4.79 Å². The minimum absolute atomic E-state index is 0.0152. The van der Waals surface area contributed by atoms with Gasteiger partial charge in [-0.2, -0.15) is 0 Å². The van der Waals surface area contributed by atoms with Crippen molar-refractivity contribution in [2.24, 2.45) is 17.8 Å². The first-order valence-corrected chi connectivity index (χ1v) is 10.2. The topological polar surface area (TPSA) is 29.5 Å². The first-order valence-electron chi connectivity index (χ1n) is 10.2. The lowest BCUT2D eigenvalue weighted by Gasteiger charge is -2.52. The van der Waals surface area contributed by atoms with Crippen LogP contribution in [-0.2, 0) is 9.53 Å². The molecule has 0 saturated heterocycles. The number of nitrogens with zero attached hydrogens (tertiary/aromatic N) is 1. The van der Waals surface area contributed by atoms with E-state index in [0.29, 0.717) is 18.4 Å². The molecule has 3 saturated carbocycles. The molecule has 0 aliphatic heterocycles. The van der Waals surface area contributed by atoms with E-state index < -0.39 is 0 Å². The number of fused-ring (bicyclic) bond motifs is 4. The van der Waals surface area contributed by atoms with Gasteiger partial charge in [0, 0.05) is 23.7 Å². The van der Waals surface area contributed by atoms with Gasteiger partial charge in [0.15, 0.2) is 0 Å². The van der Waals surface area contributed by atoms with Gasteiger partial charge in [0.2, 0.25) is 0 Å². The third-order valence-electron chi connectivity index (χ3n) is 6.51. The molecule has 0 spiro atoms. The maximum absolute atomic E-state index is 12.9. The van der Waals surface area contributed by atoms with Crippen molar-refractivity contribution in [3.63, 3.8) is 0 Å². The minimum Gasteiger partial charge on any atom is -0.466 e. The van der Waals surface area contributed by atoms with E-state index in [2.05, 4.69) is 54.3 Å². The highest BCUT2D eigenvalue weighted by Crippen LogP contribution is 2.49. The van der Waals surface area contributed by atoms with Gasteiger partial charge < -0.3 is 9.64 Å². The van der Waals surface area contributed by atoms with Gasteiger partial charge in [-0.1, -0.05) is 36.4 Å². The molecule has 0 radical (unpaired) electrons. The molecule has 2 aromatic rings. The third kappa shape index (κ3) is 2.87. The molecule has 3 aliphatic carbocycles. The second-order valence-corrected chi connectivity index (χ2v) is 7.73. The largest absolute Gasteiger partial charge is 0.466 e. The number of benzene rings is 2. The van der Waals surface area contributed by atoms with Crippen molar-refractivity contribution in [2.45, 2.75) is 45.6 Å². The summed E-state index contributed by atoms with van der Waals surface area (Å²) in [6, 6.07) is 15.4. The highest BCUT2D eigenvalue weighted by molar-refractivity contribution is 5.94. The summed E-state index contributed by atoms with van der Waals surface area (Å²) < 4.78 is 5.52. The molecular weight excluding hydrogens is 322 g/mol. The maximum Gasteiger partial charge on any atom is 0.311 e. The summed E-state index contributed by atoms with van der Waals surface area (Å²) in [5.41, 5.74) is 1.26. The van der Waals surface area contributed by atoms with Crippen LogP contribution in [0.25, 0.3) is 10.8 Å². The van der Waals surface area contributed by atoms with E-state index in [-0.39, 0.29) is 17.9 Å². The predicted octanol–water partition coefficient (Wildman–Crippen LogP) is 5.03. The van der Waals surface area contributed by atoms with E-state index in [9.17, 15) is 4.79 Å². The fourth-order valence-electron chi connectivity index (χ4n) is 5.44. The van der Waals surface area contributed by atoms with E-state index in [1.54, 1.807) is 0 Å². The first kappa shape index (κ1) is 17.4. The lowest BCUT2D eigenvalue weighted by atomic mass is 9.61. The van der Waals surface area contributed by atoms with Crippen LogP contribution < -0.4 is 4.90 Å². The van der Waals surface area contributed by atoms with Crippen LogP contribution in [0.3, 0.4) is 0 Å². The summed E-state index contributed by atoms with van der Waals surface area (Å²) in [6.45, 7) is 5.51. The Labute approximate surface area is 156 Å². The number of hydrogen-bond donors (Lipinski definition) is 0. The Balaban J connectivity index is 1.77. The van der Waals surface area contributed by atoms with Crippen molar-refractivity contribution >= 4 is 22.4 Å². The van der Waals surface area contributed by atoms with Gasteiger partial charge >= 0.3 is 5.97 Å². The molecule has 0 heterocycles. The van der Waals surface area contributed by atoms with Crippen LogP contribution in [0.15, 0.2) is 42.5 Å². The zero-order chi connectivity index (χ0) is 18.1. The van der Waals surface area contributed by atoms with Crippen LogP contribution in [0.1, 0.15) is 39.5 Å². The fraction of sp³-hybridized carbons (Fsp3) is 0.522. The summed E-state index contributed by atoms with van der Waals surface area (Å²) in [4.78, 5) is 15.4. The second kappa shape index (κ2) is 7.30. The highest BCUT2D eigenvalue weighted by Gasteiger charge is 2.50. The number of rotatable bonds is 5. The monoisotopic (exact) mass is 351 g/mol. The van der Waals surface area contributed by atoms with Crippen LogP contribution in [0, 0.1) is 17.8 Å². The smallest absolute Gasteiger partial charge is 0.311 e. The second-order valence-electron chi connectivity index (χ2n) is 7.73. The fourth-order valence-corrected chi connectivity index (χ4v) is 5.44. The van der Waals surface area contributed by atoms with Gasteiger partial charge in [0.25, 0.3) is 0 Å². The van der Waals surface area contributed by atoms with Crippen molar-refractivity contribution in [1.82, 2.24) is 0 Å². The van der Waals surface area contributed by atoms with Crippen molar-refractivity contribution in [2.75, 3.05) is 18.1 Å². The van der Waals surface area contributed by atoms with E-state index in [1.165, 1.54) is 42.1 Å². The SMILES string of the molecule is CCOC(=O)[C@H]1C2CCC(CC2)[C@@H]1N(CC)c1cccc2ccccc12. The van der Waals surface area contributed by atoms with E-state index in [0.717, 1.165) is 6.54 Å². The molecule has 3 heteroatoms. The van der Waals surface area contributed by atoms with Crippen molar-refractivity contribution in [3.8, 4) is 0 Å². The predicted molar refractivity (Wildman–Crippen MR) is 106 cm³/mol. The summed E-state index contributed by atoms with van der Waals surface area (Å²) in [5.74, 6) is 1.10. The van der Waals surface area contributed by atoms with E-state index >= 15 is 0 Å². The van der Waals surface area contributed by atoms with Crippen LogP contribution >= 0.6 is 0 Å². The Kier molecular flexibility index (Phi) is 4.88. The molecule has 0 aromatic heterocycles. The first-order chi connectivity index (χ1) is 12.7. The molecule has 5 rings (SSSR count). The van der Waals surface area contributed by atoms with Gasteiger partial charge in [0.1, 0.15) is 0 Å². The summed E-state index contributed by atoms with van der Waals surface area (Å²) in [7, 11) is 0. The van der Waals surface area contributed by atoms with Crippen LogP contribution in [0.4, 0.5) is 5.69 Å². The Hall–Kier alpha value is -2.03. The molecule has 2 atom stereocenters. The van der Waals surface area contributed by atoms with Gasteiger partial charge in [-0.25, -0.2) is 0 Å². The Morgan fingerprint density at radius 3 is 2.42 bits per heavy atom. The van der Waals surface area contributed by atoms with Crippen LogP contribution in [0.5, 0.6) is 0 Å². The molecular formula is C23H29NO2. The average Bonchev–Trinajstić information content (AvgIpc) is 2.69. The number of anilines is 1. The normalized spacial score (nSPS) is 27.5.